The summed E-state index contributed by atoms with van der Waals surface area (Å²) in [5, 5.41) is 3.88. The molecular weight excluding hydrogens is 467 g/mol. The molecule has 0 unspecified atom stereocenters. The molecule has 2 aromatic carbocycles. The Morgan fingerprint density at radius 2 is 1.85 bits per heavy atom. The van der Waals surface area contributed by atoms with Gasteiger partial charge < -0.3 is 9.42 Å². The van der Waals surface area contributed by atoms with Crippen LogP contribution in [0.4, 0.5) is 4.39 Å². The van der Waals surface area contributed by atoms with E-state index in [9.17, 15) is 17.6 Å². The first kappa shape index (κ1) is 23.4. The lowest BCUT2D eigenvalue weighted by Gasteiger charge is -2.23. The zero-order valence-electron chi connectivity index (χ0n) is 18.0. The van der Waals surface area contributed by atoms with Gasteiger partial charge in [-0.1, -0.05) is 17.3 Å². The molecule has 11 heteroatoms. The Labute approximate surface area is 195 Å². The van der Waals surface area contributed by atoms with E-state index < -0.39 is 15.8 Å². The zero-order chi connectivity index (χ0) is 23.4. The lowest BCUT2D eigenvalue weighted by molar-refractivity contribution is 0.0761. The number of benzene rings is 2. The van der Waals surface area contributed by atoms with Crippen molar-refractivity contribution in [3.63, 3.8) is 0 Å². The van der Waals surface area contributed by atoms with Gasteiger partial charge in [0.2, 0.25) is 15.9 Å². The normalized spacial score (nSPS) is 15.4. The van der Waals surface area contributed by atoms with E-state index >= 15 is 0 Å². The van der Waals surface area contributed by atoms with Crippen molar-refractivity contribution in [3.8, 4) is 0 Å². The monoisotopic (exact) mass is 490 g/mol. The van der Waals surface area contributed by atoms with Crippen LogP contribution in [0.5, 0.6) is 0 Å². The molecule has 0 aliphatic carbocycles. The molecule has 1 fully saturated rings. The number of sulfonamides is 1. The van der Waals surface area contributed by atoms with E-state index in [1.54, 1.807) is 24.0 Å². The van der Waals surface area contributed by atoms with Crippen molar-refractivity contribution in [1.82, 2.24) is 19.3 Å². The quantitative estimate of drug-likeness (QED) is 0.489. The van der Waals surface area contributed by atoms with Crippen LogP contribution < -0.4 is 0 Å². The lowest BCUT2D eigenvalue weighted by Crippen LogP contribution is -2.37. The third-order valence-electron chi connectivity index (χ3n) is 5.24. The molecule has 0 atom stereocenters. The molecule has 0 radical (unpaired) electrons. The zero-order valence-corrected chi connectivity index (χ0v) is 19.6. The fraction of sp³-hybridized carbons (Fsp3) is 0.318. The van der Waals surface area contributed by atoms with E-state index in [2.05, 4.69) is 10.1 Å². The first-order valence-corrected chi connectivity index (χ1v) is 12.8. The Balaban J connectivity index is 1.45. The van der Waals surface area contributed by atoms with Gasteiger partial charge in [-0.15, -0.1) is 11.8 Å². The molecular formula is C22H23FN4O4S2. The summed E-state index contributed by atoms with van der Waals surface area (Å²) >= 11 is 1.44. The Morgan fingerprint density at radius 1 is 1.09 bits per heavy atom. The van der Waals surface area contributed by atoms with Crippen LogP contribution in [-0.4, -0.2) is 59.8 Å². The number of aryl methyl sites for hydroxylation is 1. The SMILES string of the molecule is Cc1nc(CSc2ccccc2C(=O)N2CCCN(S(=O)(=O)c3ccc(F)cc3)CC2)no1. The molecule has 1 saturated heterocycles. The van der Waals surface area contributed by atoms with E-state index in [1.165, 1.54) is 28.2 Å². The average molecular weight is 491 g/mol. The van der Waals surface area contributed by atoms with E-state index in [1.807, 2.05) is 12.1 Å². The van der Waals surface area contributed by atoms with Crippen molar-refractivity contribution < 1.29 is 22.1 Å². The summed E-state index contributed by atoms with van der Waals surface area (Å²) < 4.78 is 45.5. The number of amides is 1. The number of carbonyl (C=O) groups excluding carboxylic acids is 1. The standard InChI is InChI=1S/C22H23FN4O4S2/c1-16-24-21(25-31-16)15-32-20-6-3-2-5-19(20)22(28)26-11-4-12-27(14-13-26)33(29,30)18-9-7-17(23)8-10-18/h2-3,5-10H,4,11-15H2,1H3. The summed E-state index contributed by atoms with van der Waals surface area (Å²) in [6.45, 7) is 2.89. The Bertz CT molecular complexity index is 1230. The molecule has 2 heterocycles. The summed E-state index contributed by atoms with van der Waals surface area (Å²) in [5.74, 6) is 0.859. The van der Waals surface area contributed by atoms with Crippen molar-refractivity contribution in [3.05, 3.63) is 71.6 Å². The van der Waals surface area contributed by atoms with Crippen LogP contribution in [0.1, 0.15) is 28.5 Å². The number of carbonyl (C=O) groups is 1. The van der Waals surface area contributed by atoms with E-state index in [0.717, 1.165) is 17.0 Å². The highest BCUT2D eigenvalue weighted by Gasteiger charge is 2.29. The molecule has 4 rings (SSSR count). The lowest BCUT2D eigenvalue weighted by atomic mass is 10.2. The van der Waals surface area contributed by atoms with Crippen LogP contribution >= 0.6 is 11.8 Å². The third-order valence-corrected chi connectivity index (χ3v) is 8.22. The maximum Gasteiger partial charge on any atom is 0.255 e. The molecule has 0 bridgehead atoms. The van der Waals surface area contributed by atoms with Gasteiger partial charge in [-0.05, 0) is 42.8 Å². The fourth-order valence-corrected chi connectivity index (χ4v) is 5.93. The van der Waals surface area contributed by atoms with E-state index in [4.69, 9.17) is 4.52 Å². The molecule has 1 aliphatic rings. The molecule has 0 spiro atoms. The molecule has 0 saturated carbocycles. The smallest absolute Gasteiger partial charge is 0.255 e. The Morgan fingerprint density at radius 3 is 2.58 bits per heavy atom. The van der Waals surface area contributed by atoms with Crippen molar-refractivity contribution in [2.75, 3.05) is 26.2 Å². The highest BCUT2D eigenvalue weighted by molar-refractivity contribution is 7.98. The second-order valence-electron chi connectivity index (χ2n) is 7.52. The second kappa shape index (κ2) is 10.0. The van der Waals surface area contributed by atoms with Crippen LogP contribution in [0.2, 0.25) is 0 Å². The number of hydrogen-bond donors (Lipinski definition) is 0. The first-order chi connectivity index (χ1) is 15.8. The van der Waals surface area contributed by atoms with Gasteiger partial charge in [-0.3, -0.25) is 4.79 Å². The van der Waals surface area contributed by atoms with Crippen molar-refractivity contribution >= 4 is 27.7 Å². The van der Waals surface area contributed by atoms with Crippen LogP contribution in [0.25, 0.3) is 0 Å². The van der Waals surface area contributed by atoms with Gasteiger partial charge in [0.05, 0.1) is 16.2 Å². The maximum absolute atomic E-state index is 13.3. The van der Waals surface area contributed by atoms with Crippen molar-refractivity contribution in [2.45, 2.75) is 28.9 Å². The summed E-state index contributed by atoms with van der Waals surface area (Å²) in [7, 11) is -3.76. The predicted molar refractivity (Wildman–Crippen MR) is 121 cm³/mol. The number of hydrogen-bond acceptors (Lipinski definition) is 7. The summed E-state index contributed by atoms with van der Waals surface area (Å²) in [5.41, 5.74) is 0.553. The first-order valence-electron chi connectivity index (χ1n) is 10.4. The van der Waals surface area contributed by atoms with Crippen LogP contribution in [-0.2, 0) is 15.8 Å². The van der Waals surface area contributed by atoms with Crippen LogP contribution in [0, 0.1) is 12.7 Å². The minimum atomic E-state index is -3.76. The highest BCUT2D eigenvalue weighted by Crippen LogP contribution is 2.27. The van der Waals surface area contributed by atoms with Crippen LogP contribution in [0.15, 0.2) is 62.8 Å². The van der Waals surface area contributed by atoms with Gasteiger partial charge in [-0.2, -0.15) is 9.29 Å². The van der Waals surface area contributed by atoms with Crippen LogP contribution in [0.3, 0.4) is 0 Å². The second-order valence-corrected chi connectivity index (χ2v) is 10.5. The van der Waals surface area contributed by atoms with Gasteiger partial charge in [0.15, 0.2) is 5.82 Å². The summed E-state index contributed by atoms with van der Waals surface area (Å²) in [6, 6.07) is 12.1. The molecule has 3 aromatic rings. The van der Waals surface area contributed by atoms with Gasteiger partial charge in [0, 0.05) is 38.0 Å². The number of rotatable bonds is 6. The predicted octanol–water partition coefficient (Wildman–Crippen LogP) is 3.35. The third kappa shape index (κ3) is 5.43. The molecule has 1 aromatic heterocycles. The van der Waals surface area contributed by atoms with Gasteiger partial charge >= 0.3 is 0 Å². The van der Waals surface area contributed by atoms with Crippen molar-refractivity contribution in [1.29, 1.82) is 0 Å². The fourth-order valence-electron chi connectivity index (χ4n) is 3.57. The molecule has 174 valence electrons. The maximum atomic E-state index is 13.3. The Kier molecular flexibility index (Phi) is 7.11. The molecule has 1 aliphatic heterocycles. The average Bonchev–Trinajstić information content (AvgIpc) is 3.06. The van der Waals surface area contributed by atoms with Crippen molar-refractivity contribution in [2.24, 2.45) is 0 Å². The van der Waals surface area contributed by atoms with Gasteiger partial charge in [0.1, 0.15) is 5.82 Å². The number of nitrogens with zero attached hydrogens (tertiary/aromatic N) is 4. The summed E-state index contributed by atoms with van der Waals surface area (Å²) in [6.07, 6.45) is 0.504. The van der Waals surface area contributed by atoms with Gasteiger partial charge in [-0.25, -0.2) is 12.8 Å². The highest BCUT2D eigenvalue weighted by atomic mass is 32.2. The Hall–Kier alpha value is -2.76. The number of aromatic nitrogens is 2. The number of halogens is 1. The van der Waals surface area contributed by atoms with E-state index in [-0.39, 0.29) is 30.4 Å². The largest absolute Gasteiger partial charge is 0.340 e. The molecule has 0 N–H and O–H groups in total. The summed E-state index contributed by atoms with van der Waals surface area (Å²) in [4.78, 5) is 20.0. The number of thioether (sulfide) groups is 1. The van der Waals surface area contributed by atoms with Gasteiger partial charge in [0.25, 0.3) is 5.91 Å². The minimum absolute atomic E-state index is 0.0436. The van der Waals surface area contributed by atoms with E-state index in [0.29, 0.717) is 36.0 Å². The molecule has 8 nitrogen and oxygen atoms in total. The minimum Gasteiger partial charge on any atom is -0.340 e. The molecule has 1 amide bonds. The molecule has 33 heavy (non-hydrogen) atoms. The topological polar surface area (TPSA) is 96.6 Å².